The van der Waals surface area contributed by atoms with Crippen molar-refractivity contribution in [1.29, 1.82) is 0 Å². The van der Waals surface area contributed by atoms with Crippen molar-refractivity contribution in [2.45, 2.75) is 6.92 Å². The molecule has 1 aliphatic carbocycles. The van der Waals surface area contributed by atoms with Crippen molar-refractivity contribution in [1.82, 2.24) is 0 Å². The van der Waals surface area contributed by atoms with Gasteiger partial charge in [0.2, 0.25) is 0 Å². The van der Waals surface area contributed by atoms with E-state index in [4.69, 9.17) is 16.7 Å². The maximum absolute atomic E-state index is 11.8. The number of rotatable bonds is 2. The van der Waals surface area contributed by atoms with Crippen LogP contribution in [0.4, 0.5) is 0 Å². The molecular weight excluding hydrogens is 268 g/mol. The lowest BCUT2D eigenvalue weighted by Crippen LogP contribution is -2.09. The van der Waals surface area contributed by atoms with E-state index in [1.807, 2.05) is 0 Å². The van der Waals surface area contributed by atoms with E-state index in [1.54, 1.807) is 13.0 Å². The van der Waals surface area contributed by atoms with Gasteiger partial charge in [-0.15, -0.1) is 0 Å². The van der Waals surface area contributed by atoms with Crippen LogP contribution in [0.15, 0.2) is 30.4 Å². The zero-order chi connectivity index (χ0) is 14.2. The van der Waals surface area contributed by atoms with Crippen molar-refractivity contribution in [3.63, 3.8) is 0 Å². The van der Waals surface area contributed by atoms with Crippen LogP contribution in [0.1, 0.15) is 21.5 Å². The predicted molar refractivity (Wildman–Crippen MR) is 70.3 cm³/mol. The topological polar surface area (TPSA) is 71.4 Å². The van der Waals surface area contributed by atoms with Crippen LogP contribution in [0.2, 0.25) is 5.02 Å². The van der Waals surface area contributed by atoms with E-state index < -0.39 is 5.97 Å². The molecule has 0 atom stereocenters. The van der Waals surface area contributed by atoms with Gasteiger partial charge in [0.25, 0.3) is 0 Å². The number of halogens is 1. The number of carbonyl (C=O) groups is 3. The van der Waals surface area contributed by atoms with Crippen molar-refractivity contribution < 1.29 is 19.5 Å². The Bertz CT molecular complexity index is 668. The molecule has 0 aliphatic heterocycles. The Morgan fingerprint density at radius 2 is 1.89 bits per heavy atom. The van der Waals surface area contributed by atoms with Crippen LogP contribution in [-0.4, -0.2) is 22.6 Å². The number of allylic oxidation sites excluding steroid dienone is 4. The summed E-state index contributed by atoms with van der Waals surface area (Å²) in [6, 6.07) is 3.00. The second-order valence-electron chi connectivity index (χ2n) is 4.14. The van der Waals surface area contributed by atoms with Gasteiger partial charge in [-0.3, -0.25) is 9.59 Å². The second kappa shape index (κ2) is 4.82. The average molecular weight is 277 g/mol. The van der Waals surface area contributed by atoms with Crippen LogP contribution in [-0.2, 0) is 9.59 Å². The maximum atomic E-state index is 11.8. The Hall–Kier alpha value is -2.20. The highest BCUT2D eigenvalue weighted by atomic mass is 35.5. The first kappa shape index (κ1) is 13.2. The molecule has 0 heterocycles. The van der Waals surface area contributed by atoms with Gasteiger partial charge < -0.3 is 5.11 Å². The summed E-state index contributed by atoms with van der Waals surface area (Å²) in [5.41, 5.74) is 0.935. The second-order valence-corrected chi connectivity index (χ2v) is 4.52. The summed E-state index contributed by atoms with van der Waals surface area (Å²) in [4.78, 5) is 34.2. The molecule has 0 amide bonds. The smallest absolute Gasteiger partial charge is 0.337 e. The fourth-order valence-electron chi connectivity index (χ4n) is 1.84. The molecule has 0 bridgehead atoms. The lowest BCUT2D eigenvalue weighted by Gasteiger charge is -2.12. The van der Waals surface area contributed by atoms with Gasteiger partial charge in [-0.2, -0.15) is 0 Å². The number of carboxylic acids is 1. The first-order valence-corrected chi connectivity index (χ1v) is 5.80. The molecule has 0 spiro atoms. The number of aryl methyl sites for hydroxylation is 1. The lowest BCUT2D eigenvalue weighted by molar-refractivity contribution is -0.113. The third kappa shape index (κ3) is 2.48. The normalized spacial score (nSPS) is 14.5. The van der Waals surface area contributed by atoms with E-state index in [0.717, 1.165) is 18.2 Å². The summed E-state index contributed by atoms with van der Waals surface area (Å²) >= 11 is 6.01. The average Bonchev–Trinajstić information content (AvgIpc) is 2.34. The number of aromatic carboxylic acids is 1. The fourth-order valence-corrected chi connectivity index (χ4v) is 2.13. The fraction of sp³-hybridized carbons (Fsp3) is 0.0714. The molecule has 0 radical (unpaired) electrons. The Kier molecular flexibility index (Phi) is 3.36. The monoisotopic (exact) mass is 276 g/mol. The van der Waals surface area contributed by atoms with E-state index >= 15 is 0 Å². The SMILES string of the molecule is Cc1cc(C(=O)O)c(Cl)c(C2=CC(=O)C=CC2=O)c1. The Morgan fingerprint density at radius 1 is 1.21 bits per heavy atom. The van der Waals surface area contributed by atoms with Crippen molar-refractivity contribution >= 4 is 34.7 Å². The van der Waals surface area contributed by atoms with Gasteiger partial charge >= 0.3 is 5.97 Å². The number of benzene rings is 1. The summed E-state index contributed by atoms with van der Waals surface area (Å²) in [5.74, 6) is -1.88. The molecule has 96 valence electrons. The number of hydrogen-bond donors (Lipinski definition) is 1. The summed E-state index contributed by atoms with van der Waals surface area (Å²) in [6.07, 6.45) is 3.47. The Balaban J connectivity index is 2.66. The zero-order valence-corrected chi connectivity index (χ0v) is 10.7. The highest BCUT2D eigenvalue weighted by Crippen LogP contribution is 2.31. The first-order chi connectivity index (χ1) is 8.90. The highest BCUT2D eigenvalue weighted by Gasteiger charge is 2.21. The van der Waals surface area contributed by atoms with Crippen LogP contribution < -0.4 is 0 Å². The molecule has 2 rings (SSSR count). The largest absolute Gasteiger partial charge is 0.478 e. The molecule has 1 aliphatic rings. The van der Waals surface area contributed by atoms with Crippen LogP contribution >= 0.6 is 11.6 Å². The zero-order valence-electron chi connectivity index (χ0n) is 9.94. The molecular formula is C14H9ClO4. The van der Waals surface area contributed by atoms with Crippen LogP contribution in [0.3, 0.4) is 0 Å². The van der Waals surface area contributed by atoms with E-state index in [1.165, 1.54) is 6.07 Å². The van der Waals surface area contributed by atoms with Crippen molar-refractivity contribution in [3.05, 3.63) is 52.1 Å². The maximum Gasteiger partial charge on any atom is 0.337 e. The van der Waals surface area contributed by atoms with Gasteiger partial charge in [0, 0.05) is 11.1 Å². The minimum atomic E-state index is -1.18. The summed E-state index contributed by atoms with van der Waals surface area (Å²) in [6.45, 7) is 1.69. The van der Waals surface area contributed by atoms with Crippen LogP contribution in [0.5, 0.6) is 0 Å². The van der Waals surface area contributed by atoms with E-state index in [2.05, 4.69) is 0 Å². The van der Waals surface area contributed by atoms with Crippen molar-refractivity contribution in [2.75, 3.05) is 0 Å². The number of carbonyl (C=O) groups excluding carboxylic acids is 2. The first-order valence-electron chi connectivity index (χ1n) is 5.42. The molecule has 5 heteroatoms. The summed E-state index contributed by atoms with van der Waals surface area (Å²) < 4.78 is 0. The summed E-state index contributed by atoms with van der Waals surface area (Å²) in [7, 11) is 0. The highest BCUT2D eigenvalue weighted by molar-refractivity contribution is 6.40. The minimum Gasteiger partial charge on any atom is -0.478 e. The van der Waals surface area contributed by atoms with E-state index in [-0.39, 0.29) is 33.3 Å². The number of ketones is 2. The molecule has 0 unspecified atom stereocenters. The van der Waals surface area contributed by atoms with Gasteiger partial charge in [-0.1, -0.05) is 11.6 Å². The minimum absolute atomic E-state index is 0.0409. The standard InChI is InChI=1S/C14H9ClO4/c1-7-4-10(13(15)11(5-7)14(18)19)9-6-8(16)2-3-12(9)17/h2-6H,1H3,(H,18,19). The molecule has 0 saturated heterocycles. The van der Waals surface area contributed by atoms with E-state index in [0.29, 0.717) is 5.56 Å². The molecule has 1 N–H and O–H groups in total. The predicted octanol–water partition coefficient (Wildman–Crippen LogP) is 2.44. The third-order valence-corrected chi connectivity index (χ3v) is 3.10. The molecule has 1 aromatic carbocycles. The molecule has 1 aromatic rings. The Morgan fingerprint density at radius 3 is 2.53 bits per heavy atom. The summed E-state index contributed by atoms with van der Waals surface area (Å²) in [5, 5.41) is 9.02. The molecule has 0 fully saturated rings. The number of hydrogen-bond acceptors (Lipinski definition) is 3. The van der Waals surface area contributed by atoms with Crippen LogP contribution in [0, 0.1) is 6.92 Å². The van der Waals surface area contributed by atoms with Gasteiger partial charge in [-0.05, 0) is 42.8 Å². The molecule has 0 saturated carbocycles. The van der Waals surface area contributed by atoms with Crippen LogP contribution in [0.25, 0.3) is 5.57 Å². The number of carboxylic acid groups (broad SMARTS) is 1. The van der Waals surface area contributed by atoms with Crippen molar-refractivity contribution in [3.8, 4) is 0 Å². The lowest BCUT2D eigenvalue weighted by atomic mass is 9.93. The molecule has 4 nitrogen and oxygen atoms in total. The molecule has 19 heavy (non-hydrogen) atoms. The Labute approximate surface area is 114 Å². The van der Waals surface area contributed by atoms with E-state index in [9.17, 15) is 14.4 Å². The third-order valence-electron chi connectivity index (χ3n) is 2.69. The molecule has 0 aromatic heterocycles. The van der Waals surface area contributed by atoms with Gasteiger partial charge in [0.1, 0.15) is 0 Å². The van der Waals surface area contributed by atoms with Gasteiger partial charge in [0.15, 0.2) is 11.6 Å². The quantitative estimate of drug-likeness (QED) is 0.842. The van der Waals surface area contributed by atoms with Gasteiger partial charge in [0.05, 0.1) is 10.6 Å². The van der Waals surface area contributed by atoms with Crippen molar-refractivity contribution in [2.24, 2.45) is 0 Å². The van der Waals surface area contributed by atoms with Gasteiger partial charge in [-0.25, -0.2) is 4.79 Å².